The number of halogens is 3. The smallest absolute Gasteiger partial charge is 0.475 e. The van der Waals surface area contributed by atoms with Crippen molar-refractivity contribution in [2.24, 2.45) is 7.05 Å². The van der Waals surface area contributed by atoms with Crippen molar-refractivity contribution in [2.45, 2.75) is 58.0 Å². The Hall–Kier alpha value is -2.89. The number of carboxylic acids is 1. The summed E-state index contributed by atoms with van der Waals surface area (Å²) in [6.07, 6.45) is -1.00. The number of imidazole rings is 1. The van der Waals surface area contributed by atoms with Crippen LogP contribution in [0.1, 0.15) is 53.5 Å². The molecule has 9 nitrogen and oxygen atoms in total. The van der Waals surface area contributed by atoms with E-state index >= 15 is 0 Å². The molecule has 3 heterocycles. The van der Waals surface area contributed by atoms with Gasteiger partial charge in [0, 0.05) is 38.9 Å². The van der Waals surface area contributed by atoms with Crippen molar-refractivity contribution in [3.63, 3.8) is 0 Å². The highest BCUT2D eigenvalue weighted by Gasteiger charge is 2.38. The van der Waals surface area contributed by atoms with Gasteiger partial charge in [0.15, 0.2) is 0 Å². The average Bonchev–Trinajstić information content (AvgIpc) is 3.27. The van der Waals surface area contributed by atoms with Crippen LogP contribution >= 0.6 is 0 Å². The molecule has 1 aliphatic heterocycles. The second kappa shape index (κ2) is 8.69. The molecule has 1 unspecified atom stereocenters. The summed E-state index contributed by atoms with van der Waals surface area (Å²) in [4.78, 5) is 28.1. The first kappa shape index (κ1) is 22.8. The van der Waals surface area contributed by atoms with Gasteiger partial charge >= 0.3 is 12.1 Å². The third-order valence-corrected chi connectivity index (χ3v) is 5.21. The molecule has 1 aliphatic carbocycles. The van der Waals surface area contributed by atoms with E-state index < -0.39 is 12.1 Å². The van der Waals surface area contributed by atoms with Gasteiger partial charge in [-0.2, -0.15) is 18.3 Å². The van der Waals surface area contributed by atoms with Crippen molar-refractivity contribution >= 4 is 11.9 Å². The number of alkyl halides is 3. The number of carboxylic acid groups (broad SMARTS) is 1. The third-order valence-electron chi connectivity index (χ3n) is 5.21. The quantitative estimate of drug-likeness (QED) is 0.751. The Kier molecular flexibility index (Phi) is 6.39. The summed E-state index contributed by atoms with van der Waals surface area (Å²) in [5.41, 5.74) is 2.78. The van der Waals surface area contributed by atoms with Gasteiger partial charge in [-0.25, -0.2) is 9.78 Å². The number of nitrogens with one attached hydrogen (secondary N) is 1. The zero-order chi connectivity index (χ0) is 22.9. The normalized spacial score (nSPS) is 18.7. The van der Waals surface area contributed by atoms with E-state index in [9.17, 15) is 18.0 Å². The summed E-state index contributed by atoms with van der Waals surface area (Å²) < 4.78 is 35.8. The lowest BCUT2D eigenvalue weighted by Gasteiger charge is -2.33. The Morgan fingerprint density at radius 1 is 1.29 bits per heavy atom. The molecule has 170 valence electrons. The number of hydrogen-bond donors (Lipinski definition) is 2. The molecule has 12 heteroatoms. The largest absolute Gasteiger partial charge is 0.490 e. The molecule has 31 heavy (non-hydrogen) atoms. The van der Waals surface area contributed by atoms with Gasteiger partial charge in [-0.15, -0.1) is 0 Å². The van der Waals surface area contributed by atoms with Crippen molar-refractivity contribution in [1.29, 1.82) is 0 Å². The van der Waals surface area contributed by atoms with Crippen molar-refractivity contribution in [1.82, 2.24) is 29.5 Å². The molecule has 2 aromatic rings. The first-order valence-corrected chi connectivity index (χ1v) is 9.87. The molecule has 0 spiro atoms. The number of nitrogens with zero attached hydrogens (tertiary/aromatic N) is 5. The van der Waals surface area contributed by atoms with Crippen LogP contribution in [0.5, 0.6) is 0 Å². The highest BCUT2D eigenvalue weighted by atomic mass is 19.4. The topological polar surface area (TPSA) is 105 Å². The molecule has 1 atom stereocenters. The van der Waals surface area contributed by atoms with Crippen molar-refractivity contribution < 1.29 is 27.9 Å². The third kappa shape index (κ3) is 5.63. The summed E-state index contributed by atoms with van der Waals surface area (Å²) >= 11 is 0. The molecule has 1 amide bonds. The Morgan fingerprint density at radius 3 is 2.45 bits per heavy atom. The van der Waals surface area contributed by atoms with Crippen molar-refractivity contribution in [2.75, 3.05) is 6.54 Å². The molecule has 0 bridgehead atoms. The van der Waals surface area contributed by atoms with E-state index in [1.54, 1.807) is 0 Å². The van der Waals surface area contributed by atoms with Crippen LogP contribution in [0.3, 0.4) is 0 Å². The fourth-order valence-corrected chi connectivity index (χ4v) is 3.37. The minimum Gasteiger partial charge on any atom is -0.475 e. The second-order valence-corrected chi connectivity index (χ2v) is 7.78. The Bertz CT molecular complexity index is 964. The van der Waals surface area contributed by atoms with E-state index in [1.165, 1.54) is 5.69 Å². The fourth-order valence-electron chi connectivity index (χ4n) is 3.37. The lowest BCUT2D eigenvalue weighted by atomic mass is 10.2. The Balaban J connectivity index is 0.000000339. The molecule has 4 rings (SSSR count). The van der Waals surface area contributed by atoms with Gasteiger partial charge < -0.3 is 15.0 Å². The first-order valence-electron chi connectivity index (χ1n) is 9.87. The maximum absolute atomic E-state index is 12.2. The van der Waals surface area contributed by atoms with E-state index in [-0.39, 0.29) is 11.9 Å². The number of fused-ring (bicyclic) bond motifs is 1. The van der Waals surface area contributed by atoms with Crippen LogP contribution in [0.15, 0.2) is 12.3 Å². The van der Waals surface area contributed by atoms with Gasteiger partial charge in [0.25, 0.3) is 5.91 Å². The Morgan fingerprint density at radius 2 is 1.94 bits per heavy atom. The number of amides is 1. The van der Waals surface area contributed by atoms with Gasteiger partial charge in [0.1, 0.15) is 11.5 Å². The molecule has 0 aromatic carbocycles. The van der Waals surface area contributed by atoms with Crippen LogP contribution in [0.25, 0.3) is 0 Å². The number of carbonyl (C=O) groups excluding carboxylic acids is 1. The highest BCUT2D eigenvalue weighted by molar-refractivity contribution is 5.92. The number of rotatable bonds is 4. The zero-order valence-electron chi connectivity index (χ0n) is 17.5. The number of aromatic nitrogens is 4. The van der Waals surface area contributed by atoms with E-state index in [0.717, 1.165) is 44.0 Å². The zero-order valence-corrected chi connectivity index (χ0v) is 17.5. The monoisotopic (exact) mass is 442 g/mol. The minimum absolute atomic E-state index is 0.0413. The SMILES string of the molecule is Cc1cc(CN2CCn3cc(C(=O)NC4CC4)nc3C2C)n(C)n1.O=C(O)C(F)(F)F. The van der Waals surface area contributed by atoms with E-state index in [0.29, 0.717) is 11.7 Å². The molecule has 2 aliphatic rings. The minimum atomic E-state index is -5.08. The number of hydrogen-bond acceptors (Lipinski definition) is 5. The van der Waals surface area contributed by atoms with E-state index in [2.05, 4.69) is 37.9 Å². The molecule has 1 fully saturated rings. The molecular weight excluding hydrogens is 417 g/mol. The van der Waals surface area contributed by atoms with E-state index in [1.807, 2.05) is 24.9 Å². The van der Waals surface area contributed by atoms with E-state index in [4.69, 9.17) is 9.90 Å². The van der Waals surface area contributed by atoms with Crippen LogP contribution in [0, 0.1) is 6.92 Å². The second-order valence-electron chi connectivity index (χ2n) is 7.78. The van der Waals surface area contributed by atoms with Crippen LogP contribution in [-0.2, 0) is 24.9 Å². The molecule has 1 saturated carbocycles. The maximum Gasteiger partial charge on any atom is 0.490 e. The lowest BCUT2D eigenvalue weighted by molar-refractivity contribution is -0.192. The van der Waals surface area contributed by atoms with Gasteiger partial charge in [-0.1, -0.05) is 0 Å². The van der Waals surface area contributed by atoms with Crippen molar-refractivity contribution in [3.05, 3.63) is 35.2 Å². The summed E-state index contributed by atoms with van der Waals surface area (Å²) in [5, 5.41) is 14.6. The molecule has 2 aromatic heterocycles. The van der Waals surface area contributed by atoms with Gasteiger partial charge in [-0.05, 0) is 32.8 Å². The highest BCUT2D eigenvalue weighted by Crippen LogP contribution is 2.27. The fraction of sp³-hybridized carbons (Fsp3) is 0.579. The molecular formula is C19H25F3N6O3. The maximum atomic E-state index is 12.2. The van der Waals surface area contributed by atoms with Gasteiger partial charge in [-0.3, -0.25) is 14.4 Å². The summed E-state index contributed by atoms with van der Waals surface area (Å²) in [7, 11) is 1.98. The predicted molar refractivity (Wildman–Crippen MR) is 103 cm³/mol. The van der Waals surface area contributed by atoms with Crippen LogP contribution in [0.4, 0.5) is 13.2 Å². The molecule has 0 radical (unpaired) electrons. The molecule has 2 N–H and O–H groups in total. The average molecular weight is 442 g/mol. The van der Waals surface area contributed by atoms with Gasteiger partial charge in [0.2, 0.25) is 0 Å². The van der Waals surface area contributed by atoms with Crippen LogP contribution in [0.2, 0.25) is 0 Å². The number of aliphatic carboxylic acids is 1. The lowest BCUT2D eigenvalue weighted by Crippen LogP contribution is -2.36. The van der Waals surface area contributed by atoms with Crippen LogP contribution in [-0.4, -0.2) is 60.0 Å². The Labute approximate surface area is 176 Å². The predicted octanol–water partition coefficient (Wildman–Crippen LogP) is 2.03. The van der Waals surface area contributed by atoms with Crippen molar-refractivity contribution in [3.8, 4) is 0 Å². The van der Waals surface area contributed by atoms with Crippen LogP contribution < -0.4 is 5.32 Å². The summed E-state index contributed by atoms with van der Waals surface area (Å²) in [6.45, 7) is 6.82. The number of carbonyl (C=O) groups is 2. The standard InChI is InChI=1S/C17H24N6O.C2HF3O2/c1-11-8-14(21(3)20-11)9-22-6-7-23-10-15(19-16(23)12(22)2)17(24)18-13-4-5-13;3-2(4,5)1(6)7/h8,10,12-13H,4-7,9H2,1-3H3,(H,18,24);(H,6,7). The number of aryl methyl sites for hydroxylation is 2. The van der Waals surface area contributed by atoms with Gasteiger partial charge in [0.05, 0.1) is 17.4 Å². The summed E-state index contributed by atoms with van der Waals surface area (Å²) in [5.74, 6) is -1.83. The molecule has 0 saturated heterocycles. The first-order chi connectivity index (χ1) is 14.5. The summed E-state index contributed by atoms with van der Waals surface area (Å²) in [6, 6.07) is 2.66.